The Hall–Kier alpha value is -2.83. The van der Waals surface area contributed by atoms with Gasteiger partial charge in [-0.2, -0.15) is 0 Å². The monoisotopic (exact) mass is 630 g/mol. The van der Waals surface area contributed by atoms with Crippen molar-refractivity contribution in [2.75, 3.05) is 27.3 Å². The summed E-state index contributed by atoms with van der Waals surface area (Å²) in [5.41, 5.74) is -0.884. The predicted molar refractivity (Wildman–Crippen MR) is 156 cm³/mol. The van der Waals surface area contributed by atoms with Crippen molar-refractivity contribution in [2.24, 2.45) is 11.8 Å². The van der Waals surface area contributed by atoms with Crippen LogP contribution >= 0.6 is 0 Å². The first-order chi connectivity index (χ1) is 19.8. The SMILES string of the molecule is COC(=O)[C@@H]1C[C@@H](C)CN1C(=O)OC(C)(C)C.COC(=O)[C@@H]1C[C@H](C)CN1C(=O)OC(C)(C)C.O=C([O-])c1ccccc1.[Na+]. The minimum absolute atomic E-state index is 0. The third kappa shape index (κ3) is 14.3. The zero-order valence-corrected chi connectivity index (χ0v) is 30.0. The predicted octanol–water partition coefficient (Wildman–Crippen LogP) is 0.664. The normalized spacial score (nSPS) is 20.9. The molecule has 2 amide bonds. The first kappa shape index (κ1) is 41.2. The van der Waals surface area contributed by atoms with Gasteiger partial charge in [-0.05, 0) is 71.8 Å². The number of benzene rings is 1. The quantitative estimate of drug-likeness (QED) is 0.265. The van der Waals surface area contributed by atoms with E-state index in [1.165, 1.54) is 36.2 Å². The largest absolute Gasteiger partial charge is 1.00 e. The minimum atomic E-state index is -1.13. The van der Waals surface area contributed by atoms with Gasteiger partial charge in [-0.15, -0.1) is 0 Å². The number of carboxylic acid groups (broad SMARTS) is 1. The van der Waals surface area contributed by atoms with Crippen LogP contribution in [0.15, 0.2) is 30.3 Å². The minimum Gasteiger partial charge on any atom is -0.545 e. The molecule has 44 heavy (non-hydrogen) atoms. The maximum atomic E-state index is 11.9. The number of amides is 2. The molecule has 0 saturated carbocycles. The molecule has 3 rings (SSSR count). The topological polar surface area (TPSA) is 152 Å². The van der Waals surface area contributed by atoms with E-state index in [0.29, 0.717) is 25.9 Å². The molecule has 0 aliphatic carbocycles. The maximum absolute atomic E-state index is 11.9. The molecule has 0 radical (unpaired) electrons. The molecule has 0 spiro atoms. The average molecular weight is 631 g/mol. The number of hydrogen-bond donors (Lipinski definition) is 0. The van der Waals surface area contributed by atoms with E-state index < -0.39 is 41.4 Å². The van der Waals surface area contributed by atoms with Gasteiger partial charge in [-0.25, -0.2) is 19.2 Å². The number of rotatable bonds is 3. The van der Waals surface area contributed by atoms with Crippen LogP contribution < -0.4 is 34.7 Å². The number of carbonyl (C=O) groups is 5. The van der Waals surface area contributed by atoms with E-state index in [4.69, 9.17) is 18.9 Å². The summed E-state index contributed by atoms with van der Waals surface area (Å²) < 4.78 is 20.0. The number of aromatic carboxylic acids is 1. The van der Waals surface area contributed by atoms with Crippen molar-refractivity contribution in [3.63, 3.8) is 0 Å². The summed E-state index contributed by atoms with van der Waals surface area (Å²) >= 11 is 0. The number of methoxy groups -OCH3 is 2. The fraction of sp³-hybridized carbons (Fsp3) is 0.645. The van der Waals surface area contributed by atoms with E-state index in [0.717, 1.165) is 0 Å². The number of hydrogen-bond acceptors (Lipinski definition) is 10. The van der Waals surface area contributed by atoms with Crippen molar-refractivity contribution in [1.29, 1.82) is 0 Å². The second-order valence-electron chi connectivity index (χ2n) is 12.7. The van der Waals surface area contributed by atoms with Gasteiger partial charge in [0.1, 0.15) is 23.3 Å². The van der Waals surface area contributed by atoms with Crippen LogP contribution in [-0.2, 0) is 28.5 Å². The van der Waals surface area contributed by atoms with E-state index in [1.54, 1.807) is 59.7 Å². The Morgan fingerprint density at radius 2 is 1.05 bits per heavy atom. The van der Waals surface area contributed by atoms with Crippen molar-refractivity contribution < 1.29 is 77.6 Å². The summed E-state index contributed by atoms with van der Waals surface area (Å²) in [4.78, 5) is 60.0. The summed E-state index contributed by atoms with van der Waals surface area (Å²) in [6.07, 6.45) is 0.368. The number of carboxylic acids is 1. The van der Waals surface area contributed by atoms with Crippen LogP contribution in [0.4, 0.5) is 9.59 Å². The van der Waals surface area contributed by atoms with Crippen LogP contribution in [0.1, 0.15) is 78.6 Å². The van der Waals surface area contributed by atoms with Crippen molar-refractivity contribution in [3.8, 4) is 0 Å². The fourth-order valence-electron chi connectivity index (χ4n) is 4.43. The Bertz CT molecular complexity index is 1040. The molecule has 1 aromatic rings. The van der Waals surface area contributed by atoms with Gasteiger partial charge in [0.15, 0.2) is 0 Å². The summed E-state index contributed by atoms with van der Waals surface area (Å²) in [5, 5.41) is 10.1. The molecule has 0 N–H and O–H groups in total. The molecule has 242 valence electrons. The second-order valence-corrected chi connectivity index (χ2v) is 12.7. The fourth-order valence-corrected chi connectivity index (χ4v) is 4.43. The third-order valence-electron chi connectivity index (χ3n) is 6.23. The van der Waals surface area contributed by atoms with Crippen LogP contribution in [0.5, 0.6) is 0 Å². The Morgan fingerprint density at radius 1 is 0.705 bits per heavy atom. The molecule has 2 aliphatic heterocycles. The van der Waals surface area contributed by atoms with Crippen LogP contribution in [0.25, 0.3) is 0 Å². The summed E-state index contributed by atoms with van der Waals surface area (Å²) in [7, 11) is 2.66. The molecule has 0 unspecified atom stereocenters. The van der Waals surface area contributed by atoms with Gasteiger partial charge in [0.25, 0.3) is 0 Å². The zero-order valence-electron chi connectivity index (χ0n) is 28.0. The van der Waals surface area contributed by atoms with E-state index in [1.807, 2.05) is 13.8 Å². The maximum Gasteiger partial charge on any atom is 1.00 e. The zero-order chi connectivity index (χ0) is 33.1. The van der Waals surface area contributed by atoms with Crippen LogP contribution in [0.2, 0.25) is 0 Å². The standard InChI is InChI=1S/2C12H21NO4.C7H6O2.Na/c2*1-8-6-9(10(14)16-5)13(7-8)11(15)17-12(2,3)4;8-7(9)6-4-2-1-3-5-6;/h2*8-9H,6-7H2,1-5H3;1-5H,(H,8,9);/q;;;+1/p-1/t8-,9+;8-,9-;;/m10../s1. The van der Waals surface area contributed by atoms with E-state index in [9.17, 15) is 29.1 Å². The Kier molecular flexibility index (Phi) is 17.0. The molecular formula is C31H47N2NaO10. The van der Waals surface area contributed by atoms with Gasteiger partial charge in [0.2, 0.25) is 0 Å². The molecule has 0 bridgehead atoms. The number of nitrogens with zero attached hydrogens (tertiary/aromatic N) is 2. The molecule has 13 heteroatoms. The summed E-state index contributed by atoms with van der Waals surface area (Å²) in [5.74, 6) is -1.31. The first-order valence-corrected chi connectivity index (χ1v) is 14.2. The molecule has 1 aromatic carbocycles. The number of carbonyl (C=O) groups excluding carboxylic acids is 5. The van der Waals surface area contributed by atoms with E-state index in [-0.39, 0.29) is 58.9 Å². The van der Waals surface area contributed by atoms with Crippen molar-refractivity contribution in [1.82, 2.24) is 9.80 Å². The Morgan fingerprint density at radius 3 is 1.30 bits per heavy atom. The second kappa shape index (κ2) is 18.2. The van der Waals surface area contributed by atoms with Crippen molar-refractivity contribution in [2.45, 2.75) is 91.5 Å². The van der Waals surface area contributed by atoms with Gasteiger partial charge < -0.3 is 28.8 Å². The molecule has 2 saturated heterocycles. The number of esters is 2. The number of likely N-dealkylation sites (tertiary alicyclic amines) is 2. The van der Waals surface area contributed by atoms with Gasteiger partial charge in [-0.1, -0.05) is 44.2 Å². The average Bonchev–Trinajstić information content (AvgIpc) is 3.50. The molecule has 12 nitrogen and oxygen atoms in total. The van der Waals surface area contributed by atoms with E-state index >= 15 is 0 Å². The van der Waals surface area contributed by atoms with Crippen LogP contribution in [0, 0.1) is 11.8 Å². The molecule has 2 fully saturated rings. The van der Waals surface area contributed by atoms with E-state index in [2.05, 4.69) is 0 Å². The van der Waals surface area contributed by atoms with Crippen LogP contribution in [-0.4, -0.2) is 90.5 Å². The molecule has 2 heterocycles. The van der Waals surface area contributed by atoms with Crippen molar-refractivity contribution >= 4 is 30.1 Å². The summed E-state index contributed by atoms with van der Waals surface area (Å²) in [6, 6.07) is 7.04. The third-order valence-corrected chi connectivity index (χ3v) is 6.23. The molecule has 4 atom stereocenters. The summed E-state index contributed by atoms with van der Waals surface area (Å²) in [6.45, 7) is 15.9. The number of ether oxygens (including phenoxy) is 4. The Balaban J connectivity index is 0.000000652. The van der Waals surface area contributed by atoms with Gasteiger partial charge in [0, 0.05) is 13.1 Å². The van der Waals surface area contributed by atoms with Gasteiger partial charge in [0.05, 0.1) is 20.2 Å². The first-order valence-electron chi connectivity index (χ1n) is 14.2. The molecule has 0 aromatic heterocycles. The van der Waals surface area contributed by atoms with Crippen LogP contribution in [0.3, 0.4) is 0 Å². The molecule has 2 aliphatic rings. The van der Waals surface area contributed by atoms with Crippen molar-refractivity contribution in [3.05, 3.63) is 35.9 Å². The molecular weight excluding hydrogens is 583 g/mol. The Labute approximate surface area is 283 Å². The van der Waals surface area contributed by atoms with Gasteiger partial charge in [-0.3, -0.25) is 9.80 Å². The van der Waals surface area contributed by atoms with Gasteiger partial charge >= 0.3 is 53.7 Å². The smallest absolute Gasteiger partial charge is 0.545 e.